The molecule has 0 saturated carbocycles. The number of carbonyl (C=O) groups excluding carboxylic acids is 1. The van der Waals surface area contributed by atoms with Crippen molar-refractivity contribution in [3.8, 4) is 11.8 Å². The van der Waals surface area contributed by atoms with Gasteiger partial charge in [-0.05, 0) is 30.3 Å². The first-order valence-electron chi connectivity index (χ1n) is 7.53. The van der Waals surface area contributed by atoms with E-state index in [4.69, 9.17) is 11.6 Å². The fourth-order valence-corrected chi connectivity index (χ4v) is 3.25. The molecule has 0 aliphatic heterocycles. The SMILES string of the molecule is O=C(CCNS(=O)(=O)c1cccc(Cl)c1)NCC#Cc1ccccc1. The van der Waals surface area contributed by atoms with Crippen molar-refractivity contribution in [2.75, 3.05) is 13.1 Å². The van der Waals surface area contributed by atoms with Crippen LogP contribution < -0.4 is 10.0 Å². The normalized spacial score (nSPS) is 10.6. The van der Waals surface area contributed by atoms with Crippen LogP contribution in [0.2, 0.25) is 5.02 Å². The lowest BCUT2D eigenvalue weighted by atomic mass is 10.2. The highest BCUT2D eigenvalue weighted by Gasteiger charge is 2.14. The van der Waals surface area contributed by atoms with Gasteiger partial charge < -0.3 is 5.32 Å². The molecule has 0 fully saturated rings. The molecule has 2 N–H and O–H groups in total. The van der Waals surface area contributed by atoms with Crippen LogP contribution in [0, 0.1) is 11.8 Å². The minimum atomic E-state index is -3.68. The number of halogens is 1. The van der Waals surface area contributed by atoms with Gasteiger partial charge in [0.15, 0.2) is 0 Å². The average Bonchev–Trinajstić information content (AvgIpc) is 2.59. The number of hydrogen-bond donors (Lipinski definition) is 2. The molecule has 2 rings (SSSR count). The maximum absolute atomic E-state index is 12.1. The topological polar surface area (TPSA) is 75.3 Å². The maximum Gasteiger partial charge on any atom is 0.240 e. The van der Waals surface area contributed by atoms with Gasteiger partial charge >= 0.3 is 0 Å². The monoisotopic (exact) mass is 376 g/mol. The van der Waals surface area contributed by atoms with E-state index < -0.39 is 10.0 Å². The first kappa shape index (κ1) is 19.0. The Kier molecular flexibility index (Phi) is 7.02. The van der Waals surface area contributed by atoms with Crippen LogP contribution in [0.5, 0.6) is 0 Å². The molecule has 130 valence electrons. The van der Waals surface area contributed by atoms with Crippen molar-refractivity contribution in [2.45, 2.75) is 11.3 Å². The summed E-state index contributed by atoms with van der Waals surface area (Å²) in [4.78, 5) is 11.8. The van der Waals surface area contributed by atoms with E-state index in [9.17, 15) is 13.2 Å². The zero-order valence-electron chi connectivity index (χ0n) is 13.3. The molecule has 0 spiro atoms. The van der Waals surface area contributed by atoms with Gasteiger partial charge in [-0.15, -0.1) is 0 Å². The van der Waals surface area contributed by atoms with E-state index in [0.29, 0.717) is 5.02 Å². The van der Waals surface area contributed by atoms with E-state index in [0.717, 1.165) is 5.56 Å². The minimum Gasteiger partial charge on any atom is -0.345 e. The largest absolute Gasteiger partial charge is 0.345 e. The summed E-state index contributed by atoms with van der Waals surface area (Å²) in [6, 6.07) is 15.3. The van der Waals surface area contributed by atoms with Gasteiger partial charge in [0.25, 0.3) is 0 Å². The molecule has 0 aliphatic rings. The Bertz CT molecular complexity index is 887. The van der Waals surface area contributed by atoms with Crippen molar-refractivity contribution < 1.29 is 13.2 Å². The molecule has 1 amide bonds. The maximum atomic E-state index is 12.1. The molecule has 7 heteroatoms. The summed E-state index contributed by atoms with van der Waals surface area (Å²) >= 11 is 5.78. The third-order valence-electron chi connectivity index (χ3n) is 3.13. The molecule has 5 nitrogen and oxygen atoms in total. The van der Waals surface area contributed by atoms with Crippen LogP contribution in [0.4, 0.5) is 0 Å². The molecule has 0 saturated heterocycles. The molecule has 0 bridgehead atoms. The molecule has 0 atom stereocenters. The second-order valence-electron chi connectivity index (χ2n) is 5.05. The average molecular weight is 377 g/mol. The number of rotatable bonds is 6. The number of hydrogen-bond acceptors (Lipinski definition) is 3. The molecule has 0 heterocycles. The standard InChI is InChI=1S/C18H17ClN2O3S/c19-16-9-4-10-17(14-16)25(23,24)21-13-11-18(22)20-12-5-8-15-6-2-1-3-7-15/h1-4,6-7,9-10,14,21H,11-13H2,(H,20,22). The van der Waals surface area contributed by atoms with Crippen LogP contribution in [-0.2, 0) is 14.8 Å². The molecule has 0 radical (unpaired) electrons. The number of carbonyl (C=O) groups is 1. The Morgan fingerprint density at radius 3 is 2.56 bits per heavy atom. The summed E-state index contributed by atoms with van der Waals surface area (Å²) in [5, 5.41) is 2.95. The van der Waals surface area contributed by atoms with Gasteiger partial charge in [-0.25, -0.2) is 13.1 Å². The van der Waals surface area contributed by atoms with Gasteiger partial charge in [-0.2, -0.15) is 0 Å². The summed E-state index contributed by atoms with van der Waals surface area (Å²) in [5.41, 5.74) is 0.867. The smallest absolute Gasteiger partial charge is 0.240 e. The second-order valence-corrected chi connectivity index (χ2v) is 7.25. The Morgan fingerprint density at radius 1 is 1.08 bits per heavy atom. The Hall–Kier alpha value is -2.33. The highest BCUT2D eigenvalue weighted by molar-refractivity contribution is 7.89. The predicted octanol–water partition coefficient (Wildman–Crippen LogP) is 2.18. The summed E-state index contributed by atoms with van der Waals surface area (Å²) in [6.45, 7) is 0.196. The second kappa shape index (κ2) is 9.23. The zero-order valence-corrected chi connectivity index (χ0v) is 14.9. The van der Waals surface area contributed by atoms with Crippen molar-refractivity contribution >= 4 is 27.5 Å². The molecule has 0 aliphatic carbocycles. The van der Waals surface area contributed by atoms with Crippen LogP contribution in [0.15, 0.2) is 59.5 Å². The number of nitrogens with one attached hydrogen (secondary N) is 2. The first-order valence-corrected chi connectivity index (χ1v) is 9.39. The van der Waals surface area contributed by atoms with Gasteiger partial charge in [0.1, 0.15) is 0 Å². The number of benzene rings is 2. The van der Waals surface area contributed by atoms with Crippen LogP contribution in [0.3, 0.4) is 0 Å². The van der Waals surface area contributed by atoms with Gasteiger partial charge in [-0.3, -0.25) is 4.79 Å². The molecular weight excluding hydrogens is 360 g/mol. The van der Waals surface area contributed by atoms with Gasteiger partial charge in [0.2, 0.25) is 15.9 Å². The van der Waals surface area contributed by atoms with E-state index in [1.807, 2.05) is 30.3 Å². The van der Waals surface area contributed by atoms with Gasteiger partial charge in [0, 0.05) is 23.6 Å². The van der Waals surface area contributed by atoms with E-state index in [1.165, 1.54) is 12.1 Å². The summed E-state index contributed by atoms with van der Waals surface area (Å²) in [6.07, 6.45) is 0.0206. The molecule has 0 aromatic heterocycles. The lowest BCUT2D eigenvalue weighted by Gasteiger charge is -2.07. The highest BCUT2D eigenvalue weighted by atomic mass is 35.5. The minimum absolute atomic E-state index is 0.00715. The molecule has 0 unspecified atom stereocenters. The first-order chi connectivity index (χ1) is 12.0. The lowest BCUT2D eigenvalue weighted by Crippen LogP contribution is -2.31. The number of amides is 1. The van der Waals surface area contributed by atoms with Crippen LogP contribution in [0.1, 0.15) is 12.0 Å². The van der Waals surface area contributed by atoms with Crippen molar-refractivity contribution in [3.63, 3.8) is 0 Å². The van der Waals surface area contributed by atoms with Gasteiger partial charge in [-0.1, -0.05) is 47.7 Å². The van der Waals surface area contributed by atoms with Crippen LogP contribution in [0.25, 0.3) is 0 Å². The van der Waals surface area contributed by atoms with Gasteiger partial charge in [0.05, 0.1) is 11.4 Å². The Labute approximate surface area is 152 Å². The van der Waals surface area contributed by atoms with E-state index >= 15 is 0 Å². The molecule has 25 heavy (non-hydrogen) atoms. The van der Waals surface area contributed by atoms with Crippen LogP contribution >= 0.6 is 11.6 Å². The Balaban J connectivity index is 1.74. The fourth-order valence-electron chi connectivity index (χ4n) is 1.92. The Morgan fingerprint density at radius 2 is 1.84 bits per heavy atom. The van der Waals surface area contributed by atoms with E-state index in [2.05, 4.69) is 21.9 Å². The summed E-state index contributed by atoms with van der Waals surface area (Å²) < 4.78 is 26.5. The van der Waals surface area contributed by atoms with Crippen LogP contribution in [-0.4, -0.2) is 27.4 Å². The highest BCUT2D eigenvalue weighted by Crippen LogP contribution is 2.14. The summed E-state index contributed by atoms with van der Waals surface area (Å²) in [7, 11) is -3.68. The van der Waals surface area contributed by atoms with E-state index in [1.54, 1.807) is 12.1 Å². The lowest BCUT2D eigenvalue weighted by molar-refractivity contribution is -0.120. The summed E-state index contributed by atoms with van der Waals surface area (Å²) in [5.74, 6) is 5.47. The molecular formula is C18H17ClN2O3S. The van der Waals surface area contributed by atoms with Crippen molar-refractivity contribution in [1.82, 2.24) is 10.0 Å². The van der Waals surface area contributed by atoms with E-state index in [-0.39, 0.29) is 30.3 Å². The predicted molar refractivity (Wildman–Crippen MR) is 97.6 cm³/mol. The molecule has 2 aromatic carbocycles. The fraction of sp³-hybridized carbons (Fsp3) is 0.167. The van der Waals surface area contributed by atoms with Crippen molar-refractivity contribution in [2.24, 2.45) is 0 Å². The quantitative estimate of drug-likeness (QED) is 0.759. The zero-order chi connectivity index (χ0) is 18.1. The molecule has 2 aromatic rings. The van der Waals surface area contributed by atoms with Crippen molar-refractivity contribution in [1.29, 1.82) is 0 Å². The third-order valence-corrected chi connectivity index (χ3v) is 4.82. The third kappa shape index (κ3) is 6.59. The van der Waals surface area contributed by atoms with Crippen molar-refractivity contribution in [3.05, 3.63) is 65.2 Å². The number of sulfonamides is 1.